The van der Waals surface area contributed by atoms with Crippen molar-refractivity contribution in [1.82, 2.24) is 14.6 Å². The van der Waals surface area contributed by atoms with Gasteiger partial charge >= 0.3 is 0 Å². The van der Waals surface area contributed by atoms with Crippen molar-refractivity contribution < 1.29 is 26.4 Å². The molecule has 0 spiro atoms. The van der Waals surface area contributed by atoms with Crippen LogP contribution in [0, 0.1) is 24.5 Å². The maximum atomic E-state index is 13.7. The molecule has 1 saturated heterocycles. The van der Waals surface area contributed by atoms with Gasteiger partial charge in [0, 0.05) is 19.2 Å². The first kappa shape index (κ1) is 20.4. The van der Waals surface area contributed by atoms with Gasteiger partial charge in [-0.3, -0.25) is 4.79 Å². The van der Waals surface area contributed by atoms with Crippen LogP contribution >= 0.6 is 0 Å². The monoisotopic (exact) mass is 413 g/mol. The van der Waals surface area contributed by atoms with Gasteiger partial charge in [-0.15, -0.1) is 0 Å². The van der Waals surface area contributed by atoms with E-state index >= 15 is 0 Å². The first-order valence-corrected chi connectivity index (χ1v) is 10.4. The van der Waals surface area contributed by atoms with E-state index in [0.717, 1.165) is 25.0 Å². The van der Waals surface area contributed by atoms with E-state index in [1.54, 1.807) is 11.8 Å². The van der Waals surface area contributed by atoms with Crippen LogP contribution in [0.15, 0.2) is 27.5 Å². The average molecular weight is 413 g/mol. The Morgan fingerprint density at radius 2 is 2.00 bits per heavy atom. The highest BCUT2D eigenvalue weighted by Gasteiger charge is 2.27. The number of halogens is 2. The fourth-order valence-corrected chi connectivity index (χ4v) is 4.05. The van der Waals surface area contributed by atoms with Gasteiger partial charge in [0.1, 0.15) is 22.3 Å². The second-order valence-corrected chi connectivity index (χ2v) is 8.62. The number of likely N-dealkylation sites (tertiary alicyclic amines) is 1. The second kappa shape index (κ2) is 7.96. The Balaban J connectivity index is 1.70. The largest absolute Gasteiger partial charge is 0.444 e. The Hall–Kier alpha value is -2.33. The third-order valence-corrected chi connectivity index (χ3v) is 6.15. The molecule has 2 aromatic rings. The molecular weight excluding hydrogens is 392 g/mol. The molecule has 152 valence electrons. The van der Waals surface area contributed by atoms with Crippen LogP contribution < -0.4 is 4.72 Å². The van der Waals surface area contributed by atoms with Crippen molar-refractivity contribution in [2.45, 2.75) is 38.1 Å². The topological polar surface area (TPSA) is 92.5 Å². The quantitative estimate of drug-likeness (QED) is 0.814. The third-order valence-electron chi connectivity index (χ3n) is 4.71. The zero-order valence-electron chi connectivity index (χ0n) is 15.5. The molecule has 0 saturated carbocycles. The number of sulfonamides is 1. The van der Waals surface area contributed by atoms with E-state index in [4.69, 9.17) is 4.42 Å². The number of benzene rings is 1. The van der Waals surface area contributed by atoms with Gasteiger partial charge in [0.15, 0.2) is 5.69 Å². The molecule has 1 N–H and O–H groups in total. The second-order valence-electron chi connectivity index (χ2n) is 6.89. The zero-order chi connectivity index (χ0) is 20.5. The average Bonchev–Trinajstić information content (AvgIpc) is 3.00. The lowest BCUT2D eigenvalue weighted by Gasteiger charge is -2.29. The number of piperidine rings is 1. The van der Waals surface area contributed by atoms with Crippen molar-refractivity contribution >= 4 is 15.9 Å². The standard InChI is InChI=1S/C18H21F2N3O4S/c1-11-5-7-23(8-6-11)18(24)17-12(2)27-16(22-17)10-21-28(25,26)15-4-3-13(19)9-14(15)20/h3-4,9,11,21H,5-8,10H2,1-2H3. The lowest BCUT2D eigenvalue weighted by Crippen LogP contribution is -2.38. The van der Waals surface area contributed by atoms with Gasteiger partial charge in [-0.1, -0.05) is 6.92 Å². The highest BCUT2D eigenvalue weighted by Crippen LogP contribution is 2.20. The van der Waals surface area contributed by atoms with E-state index in [-0.39, 0.29) is 29.8 Å². The summed E-state index contributed by atoms with van der Waals surface area (Å²) >= 11 is 0. The highest BCUT2D eigenvalue weighted by molar-refractivity contribution is 7.89. The highest BCUT2D eigenvalue weighted by atomic mass is 32.2. The summed E-state index contributed by atoms with van der Waals surface area (Å²) in [5, 5.41) is 0. The number of aromatic nitrogens is 1. The number of amides is 1. The van der Waals surface area contributed by atoms with Crippen molar-refractivity contribution in [1.29, 1.82) is 0 Å². The number of hydrogen-bond acceptors (Lipinski definition) is 5. The number of nitrogens with one attached hydrogen (secondary N) is 1. The predicted octanol–water partition coefficient (Wildman–Crippen LogP) is 2.61. The first-order chi connectivity index (χ1) is 13.2. The van der Waals surface area contributed by atoms with E-state index in [9.17, 15) is 22.0 Å². The Kier molecular flexibility index (Phi) is 5.80. The van der Waals surface area contributed by atoms with Gasteiger partial charge in [-0.2, -0.15) is 0 Å². The molecule has 1 fully saturated rings. The van der Waals surface area contributed by atoms with Gasteiger partial charge in [-0.05, 0) is 37.8 Å². The van der Waals surface area contributed by atoms with Crippen molar-refractivity contribution in [3.63, 3.8) is 0 Å². The van der Waals surface area contributed by atoms with Crippen LogP contribution in [-0.2, 0) is 16.6 Å². The van der Waals surface area contributed by atoms with Crippen LogP contribution in [0.4, 0.5) is 8.78 Å². The van der Waals surface area contributed by atoms with E-state index < -0.39 is 26.6 Å². The minimum Gasteiger partial charge on any atom is -0.444 e. The molecule has 0 unspecified atom stereocenters. The van der Waals surface area contributed by atoms with Crippen molar-refractivity contribution in [3.05, 3.63) is 47.2 Å². The smallest absolute Gasteiger partial charge is 0.276 e. The molecule has 3 rings (SSSR count). The zero-order valence-corrected chi connectivity index (χ0v) is 16.4. The van der Waals surface area contributed by atoms with Crippen LogP contribution in [-0.4, -0.2) is 37.3 Å². The molecule has 1 aliphatic heterocycles. The summed E-state index contributed by atoms with van der Waals surface area (Å²) in [7, 11) is -4.24. The molecule has 1 aromatic carbocycles. The summed E-state index contributed by atoms with van der Waals surface area (Å²) < 4.78 is 58.7. The van der Waals surface area contributed by atoms with Crippen molar-refractivity contribution in [3.8, 4) is 0 Å². The summed E-state index contributed by atoms with van der Waals surface area (Å²) in [5.74, 6) is -1.50. The van der Waals surface area contributed by atoms with Crippen molar-refractivity contribution in [2.24, 2.45) is 5.92 Å². The minimum atomic E-state index is -4.24. The summed E-state index contributed by atoms with van der Waals surface area (Å²) in [6.07, 6.45) is 1.83. The molecule has 2 heterocycles. The lowest BCUT2D eigenvalue weighted by atomic mass is 9.99. The van der Waals surface area contributed by atoms with E-state index in [1.165, 1.54) is 0 Å². The van der Waals surface area contributed by atoms with Crippen molar-refractivity contribution in [2.75, 3.05) is 13.1 Å². The van der Waals surface area contributed by atoms with Gasteiger partial charge in [-0.25, -0.2) is 26.9 Å². The molecule has 1 aromatic heterocycles. The molecule has 1 aliphatic rings. The molecule has 7 nitrogen and oxygen atoms in total. The van der Waals surface area contributed by atoms with Crippen LogP contribution in [0.1, 0.15) is 41.9 Å². The fraction of sp³-hybridized carbons (Fsp3) is 0.444. The van der Waals surface area contributed by atoms with Gasteiger partial charge in [0.2, 0.25) is 15.9 Å². The van der Waals surface area contributed by atoms with E-state index in [2.05, 4.69) is 16.6 Å². The molecule has 0 atom stereocenters. The molecule has 1 amide bonds. The summed E-state index contributed by atoms with van der Waals surface area (Å²) in [6, 6.07) is 2.17. The number of carbonyl (C=O) groups is 1. The van der Waals surface area contributed by atoms with Gasteiger partial charge in [0.25, 0.3) is 5.91 Å². The number of rotatable bonds is 5. The molecule has 10 heteroatoms. The Bertz CT molecular complexity index is 983. The maximum absolute atomic E-state index is 13.7. The number of carbonyl (C=O) groups excluding carboxylic acids is 1. The number of aryl methyl sites for hydroxylation is 1. The van der Waals surface area contributed by atoms with E-state index in [1.807, 2.05) is 0 Å². The molecular formula is C18H21F2N3O4S. The van der Waals surface area contributed by atoms with Gasteiger partial charge < -0.3 is 9.32 Å². The number of oxazole rings is 1. The molecule has 28 heavy (non-hydrogen) atoms. The minimum absolute atomic E-state index is 0.0164. The fourth-order valence-electron chi connectivity index (χ4n) is 3.01. The SMILES string of the molecule is Cc1oc(CNS(=O)(=O)c2ccc(F)cc2F)nc1C(=O)N1CCC(C)CC1. The summed E-state index contributed by atoms with van der Waals surface area (Å²) in [5.41, 5.74) is 0.136. The number of nitrogens with zero attached hydrogens (tertiary/aromatic N) is 2. The molecule has 0 radical (unpaired) electrons. The summed E-state index contributed by atoms with van der Waals surface area (Å²) in [4.78, 5) is 17.7. The molecule has 0 bridgehead atoms. The Labute approximate surface area is 161 Å². The maximum Gasteiger partial charge on any atom is 0.276 e. The van der Waals surface area contributed by atoms with E-state index in [0.29, 0.717) is 25.1 Å². The van der Waals surface area contributed by atoms with Crippen LogP contribution in [0.2, 0.25) is 0 Å². The first-order valence-electron chi connectivity index (χ1n) is 8.87. The summed E-state index contributed by atoms with van der Waals surface area (Å²) in [6.45, 7) is 4.61. The van der Waals surface area contributed by atoms with Crippen LogP contribution in [0.5, 0.6) is 0 Å². The van der Waals surface area contributed by atoms with Crippen LogP contribution in [0.3, 0.4) is 0 Å². The predicted molar refractivity (Wildman–Crippen MR) is 95.9 cm³/mol. The van der Waals surface area contributed by atoms with Gasteiger partial charge in [0.05, 0.1) is 6.54 Å². The Morgan fingerprint density at radius 3 is 2.64 bits per heavy atom. The third kappa shape index (κ3) is 4.39. The Morgan fingerprint density at radius 1 is 1.32 bits per heavy atom. The van der Waals surface area contributed by atoms with Crippen LogP contribution in [0.25, 0.3) is 0 Å². The number of hydrogen-bond donors (Lipinski definition) is 1. The normalized spacial score (nSPS) is 15.8. The lowest BCUT2D eigenvalue weighted by molar-refractivity contribution is 0.0690. The molecule has 0 aliphatic carbocycles.